The number of amides is 1. The summed E-state index contributed by atoms with van der Waals surface area (Å²) in [4.78, 5) is 22.3. The zero-order chi connectivity index (χ0) is 35.7. The van der Waals surface area contributed by atoms with Crippen LogP contribution in [0.1, 0.15) is 18.9 Å². The van der Waals surface area contributed by atoms with E-state index in [9.17, 15) is 10.1 Å². The first-order chi connectivity index (χ1) is 23.5. The third-order valence-corrected chi connectivity index (χ3v) is 9.05. The van der Waals surface area contributed by atoms with Crippen LogP contribution in [0.15, 0.2) is 61.3 Å². The molecule has 5 aromatic rings. The van der Waals surface area contributed by atoms with Crippen LogP contribution < -0.4 is 19.5 Å². The number of hydrogen-bond donors (Lipinski definition) is 1. The van der Waals surface area contributed by atoms with Crippen molar-refractivity contribution in [2.24, 2.45) is 0 Å². The van der Waals surface area contributed by atoms with E-state index in [-0.39, 0.29) is 12.6 Å². The Bertz CT molecular complexity index is 1970. The SMILES string of the molecule is CCCN(CCOc1c(Cl)cc(Cl)cc1Cl)C(=O)n1ccnc1.COc1cc(Nc2c(C#N)cnc3cc(I)c(OC)cc23)c(Cl)cc1Cl. The molecular formula is C33H28Cl5IN6O4. The second-order valence-electron chi connectivity index (χ2n) is 10.0. The molecule has 0 saturated carbocycles. The van der Waals surface area contributed by atoms with Crippen LogP contribution in [0.5, 0.6) is 17.2 Å². The van der Waals surface area contributed by atoms with E-state index in [1.165, 1.54) is 24.2 Å². The monoisotopic (exact) mass is 874 g/mol. The fourth-order valence-corrected chi connectivity index (χ4v) is 6.62. The number of carbonyl (C=O) groups excluding carboxylic acids is 1. The smallest absolute Gasteiger partial charge is 0.329 e. The van der Waals surface area contributed by atoms with Gasteiger partial charge < -0.3 is 24.4 Å². The highest BCUT2D eigenvalue weighted by molar-refractivity contribution is 14.1. The molecule has 0 radical (unpaired) electrons. The Balaban J connectivity index is 0.000000223. The van der Waals surface area contributed by atoms with Gasteiger partial charge in [-0.05, 0) is 59.3 Å². The maximum atomic E-state index is 12.3. The largest absolute Gasteiger partial charge is 0.496 e. The number of carbonyl (C=O) groups is 1. The second-order valence-corrected chi connectivity index (χ2v) is 13.3. The third kappa shape index (κ3) is 9.66. The van der Waals surface area contributed by atoms with Gasteiger partial charge in [0.05, 0.1) is 66.9 Å². The number of anilines is 2. The number of pyridine rings is 1. The molecule has 0 atom stereocenters. The molecule has 2 heterocycles. The normalized spacial score (nSPS) is 10.5. The first-order valence-corrected chi connectivity index (χ1v) is 17.4. The Hall–Kier alpha value is -3.38. The van der Waals surface area contributed by atoms with Gasteiger partial charge in [-0.2, -0.15) is 5.26 Å². The molecule has 0 unspecified atom stereocenters. The quantitative estimate of drug-likeness (QED) is 0.138. The van der Waals surface area contributed by atoms with Crippen molar-refractivity contribution in [3.05, 3.63) is 95.6 Å². The first-order valence-electron chi connectivity index (χ1n) is 14.4. The second kappa shape index (κ2) is 18.0. The summed E-state index contributed by atoms with van der Waals surface area (Å²) in [5.41, 5.74) is 2.26. The third-order valence-electron chi connectivity index (χ3n) is 6.82. The molecule has 3 aromatic carbocycles. The van der Waals surface area contributed by atoms with Crippen molar-refractivity contribution < 1.29 is 19.0 Å². The van der Waals surface area contributed by atoms with Gasteiger partial charge in [0.25, 0.3) is 0 Å². The van der Waals surface area contributed by atoms with Crippen molar-refractivity contribution in [1.82, 2.24) is 19.4 Å². The first kappa shape index (κ1) is 38.4. The molecule has 2 aromatic heterocycles. The molecule has 0 aliphatic rings. The van der Waals surface area contributed by atoms with Gasteiger partial charge in [0.15, 0.2) is 5.75 Å². The van der Waals surface area contributed by atoms with Gasteiger partial charge in [-0.1, -0.05) is 64.9 Å². The summed E-state index contributed by atoms with van der Waals surface area (Å²) in [6.45, 7) is 3.28. The van der Waals surface area contributed by atoms with Crippen molar-refractivity contribution in [3.63, 3.8) is 0 Å². The van der Waals surface area contributed by atoms with Crippen LogP contribution in [0.3, 0.4) is 0 Å². The minimum absolute atomic E-state index is 0.152. The van der Waals surface area contributed by atoms with Crippen LogP contribution in [0.2, 0.25) is 25.1 Å². The molecule has 0 fully saturated rings. The summed E-state index contributed by atoms with van der Waals surface area (Å²) in [6, 6.07) is 12.1. The number of methoxy groups -OCH3 is 2. The van der Waals surface area contributed by atoms with Crippen LogP contribution in [-0.2, 0) is 0 Å². The Morgan fingerprint density at radius 3 is 2.31 bits per heavy atom. The van der Waals surface area contributed by atoms with E-state index in [0.29, 0.717) is 72.4 Å². The van der Waals surface area contributed by atoms with Gasteiger partial charge in [-0.15, -0.1) is 0 Å². The lowest BCUT2D eigenvalue weighted by Gasteiger charge is -2.22. The number of rotatable bonds is 10. The predicted molar refractivity (Wildman–Crippen MR) is 204 cm³/mol. The van der Waals surface area contributed by atoms with E-state index in [1.807, 2.05) is 19.1 Å². The Labute approximate surface area is 321 Å². The molecule has 0 aliphatic heterocycles. The molecule has 49 heavy (non-hydrogen) atoms. The number of nitrogens with zero attached hydrogens (tertiary/aromatic N) is 5. The van der Waals surface area contributed by atoms with E-state index < -0.39 is 0 Å². The Kier molecular flexibility index (Phi) is 14.1. The number of halogens is 6. The van der Waals surface area contributed by atoms with Gasteiger partial charge in [0.2, 0.25) is 0 Å². The standard InChI is InChI=1S/C18H12Cl2IN3O2.C15H16Cl3N3O2/c1-25-16-6-15(11(19)4-12(16)20)24-18-9(7-22)8-23-14-5-13(21)17(26-2)3-10(14)18;1-2-4-20(15(22)21-5-3-19-10-21)6-7-23-14-12(17)8-11(16)9-13(14)18/h3-6,8H,1-2H3,(H,23,24);3,5,8-10H,2,4,6-7H2,1H3. The molecule has 10 nitrogen and oxygen atoms in total. The maximum Gasteiger partial charge on any atom is 0.329 e. The van der Waals surface area contributed by atoms with Crippen molar-refractivity contribution in [2.45, 2.75) is 13.3 Å². The molecular weight excluding hydrogens is 849 g/mol. The number of aromatic nitrogens is 3. The lowest BCUT2D eigenvalue weighted by atomic mass is 10.1. The average Bonchev–Trinajstić information content (AvgIpc) is 3.62. The molecule has 0 aliphatic carbocycles. The summed E-state index contributed by atoms with van der Waals surface area (Å²) in [6.07, 6.45) is 7.00. The van der Waals surface area contributed by atoms with Crippen molar-refractivity contribution in [2.75, 3.05) is 39.2 Å². The van der Waals surface area contributed by atoms with Crippen LogP contribution in [0, 0.1) is 14.9 Å². The number of hydrogen-bond acceptors (Lipinski definition) is 8. The zero-order valence-electron chi connectivity index (χ0n) is 26.2. The van der Waals surface area contributed by atoms with Crippen molar-refractivity contribution in [3.8, 4) is 23.3 Å². The van der Waals surface area contributed by atoms with Crippen molar-refractivity contribution >= 4 is 109 Å². The minimum Gasteiger partial charge on any atom is -0.496 e. The maximum absolute atomic E-state index is 12.3. The number of fused-ring (bicyclic) bond motifs is 1. The van der Waals surface area contributed by atoms with Gasteiger partial charge in [0.1, 0.15) is 30.5 Å². The number of imidazole rings is 1. The van der Waals surface area contributed by atoms with Crippen LogP contribution in [0.4, 0.5) is 16.2 Å². The van der Waals surface area contributed by atoms with Crippen LogP contribution in [-0.4, -0.2) is 59.4 Å². The fourth-order valence-electron chi connectivity index (χ4n) is 4.52. The minimum atomic E-state index is -0.152. The van der Waals surface area contributed by atoms with E-state index in [4.69, 9.17) is 72.2 Å². The highest BCUT2D eigenvalue weighted by Crippen LogP contribution is 2.39. The highest BCUT2D eigenvalue weighted by atomic mass is 127. The van der Waals surface area contributed by atoms with E-state index in [0.717, 1.165) is 20.9 Å². The lowest BCUT2D eigenvalue weighted by Crippen LogP contribution is -2.37. The van der Waals surface area contributed by atoms with Crippen LogP contribution in [0.25, 0.3) is 10.9 Å². The molecule has 256 valence electrons. The highest BCUT2D eigenvalue weighted by Gasteiger charge is 2.17. The molecule has 1 amide bonds. The Morgan fingerprint density at radius 2 is 1.69 bits per heavy atom. The summed E-state index contributed by atoms with van der Waals surface area (Å²) in [5, 5.41) is 15.4. The Morgan fingerprint density at radius 1 is 0.980 bits per heavy atom. The fraction of sp³-hybridized carbons (Fsp3) is 0.212. The lowest BCUT2D eigenvalue weighted by molar-refractivity contribution is 0.184. The molecule has 1 N–H and O–H groups in total. The number of benzene rings is 3. The van der Waals surface area contributed by atoms with Crippen LogP contribution >= 0.6 is 80.6 Å². The molecule has 0 spiro atoms. The van der Waals surface area contributed by atoms with E-state index in [1.54, 1.807) is 48.7 Å². The number of nitrogens with one attached hydrogen (secondary N) is 1. The van der Waals surface area contributed by atoms with Crippen molar-refractivity contribution in [1.29, 1.82) is 5.26 Å². The summed E-state index contributed by atoms with van der Waals surface area (Å²) >= 11 is 32.6. The van der Waals surface area contributed by atoms with Gasteiger partial charge >= 0.3 is 6.03 Å². The van der Waals surface area contributed by atoms with E-state index >= 15 is 0 Å². The zero-order valence-corrected chi connectivity index (χ0v) is 32.2. The molecule has 0 bridgehead atoms. The summed E-state index contributed by atoms with van der Waals surface area (Å²) < 4.78 is 18.6. The predicted octanol–water partition coefficient (Wildman–Crippen LogP) is 10.4. The van der Waals surface area contributed by atoms with Gasteiger partial charge in [0, 0.05) is 41.6 Å². The topological polar surface area (TPSA) is 115 Å². The number of ether oxygens (including phenoxy) is 3. The molecule has 5 rings (SSSR count). The van der Waals surface area contributed by atoms with Gasteiger partial charge in [-0.3, -0.25) is 9.55 Å². The number of nitriles is 1. The average molecular weight is 877 g/mol. The summed E-state index contributed by atoms with van der Waals surface area (Å²) in [5.74, 6) is 1.53. The van der Waals surface area contributed by atoms with Gasteiger partial charge in [-0.25, -0.2) is 9.78 Å². The summed E-state index contributed by atoms with van der Waals surface area (Å²) in [7, 11) is 3.12. The van der Waals surface area contributed by atoms with E-state index in [2.05, 4.69) is 43.9 Å². The molecule has 16 heteroatoms. The molecule has 0 saturated heterocycles.